The van der Waals surface area contributed by atoms with Gasteiger partial charge < -0.3 is 9.30 Å². The van der Waals surface area contributed by atoms with Gasteiger partial charge in [0.25, 0.3) is 0 Å². The number of hydrogen-bond donors (Lipinski definition) is 0. The van der Waals surface area contributed by atoms with Crippen LogP contribution in [0.1, 0.15) is 11.4 Å². The minimum Gasteiger partial charge on any atom is -0.491 e. The summed E-state index contributed by atoms with van der Waals surface area (Å²) in [5, 5.41) is 0. The van der Waals surface area contributed by atoms with Crippen LogP contribution in [0.4, 0.5) is 0 Å². The van der Waals surface area contributed by atoms with Gasteiger partial charge in [-0.25, -0.2) is 4.98 Å². The first-order valence-corrected chi connectivity index (χ1v) is 7.08. The summed E-state index contributed by atoms with van der Waals surface area (Å²) >= 11 is 9.50. The van der Waals surface area contributed by atoms with E-state index in [1.165, 1.54) is 0 Å². The number of imidazole rings is 1. The van der Waals surface area contributed by atoms with Crippen molar-refractivity contribution in [2.75, 3.05) is 6.61 Å². The molecule has 0 spiro atoms. The van der Waals surface area contributed by atoms with Gasteiger partial charge in [0.1, 0.15) is 18.2 Å². The van der Waals surface area contributed by atoms with Crippen LogP contribution in [-0.2, 0) is 12.4 Å². The van der Waals surface area contributed by atoms with E-state index in [-0.39, 0.29) is 0 Å². The summed E-state index contributed by atoms with van der Waals surface area (Å²) in [4.78, 5) is 4.64. The zero-order chi connectivity index (χ0) is 12.7. The van der Waals surface area contributed by atoms with Crippen molar-refractivity contribution in [1.29, 1.82) is 0 Å². The van der Waals surface area contributed by atoms with E-state index in [0.717, 1.165) is 39.5 Å². The van der Waals surface area contributed by atoms with Gasteiger partial charge in [0.2, 0.25) is 0 Å². The predicted octanol–water partition coefficient (Wildman–Crippen LogP) is 3.75. The molecule has 0 fully saturated rings. The number of nitrogens with zero attached hydrogens (tertiary/aromatic N) is 2. The normalized spacial score (nSPS) is 13.5. The van der Waals surface area contributed by atoms with Crippen LogP contribution in [0.3, 0.4) is 0 Å². The van der Waals surface area contributed by atoms with Crippen molar-refractivity contribution in [2.24, 2.45) is 0 Å². The molecule has 1 aliphatic rings. The average molecular weight is 328 g/mol. The SMILES string of the molecule is Cc1nc2n(c1CCl)CCOc1ccc(Br)cc1-2. The molecule has 3 nitrogen and oxygen atoms in total. The Bertz CT molecular complexity index is 609. The number of alkyl halides is 1. The van der Waals surface area contributed by atoms with E-state index >= 15 is 0 Å². The third-order valence-electron chi connectivity index (χ3n) is 3.15. The molecule has 0 unspecified atom stereocenters. The predicted molar refractivity (Wildman–Crippen MR) is 75.2 cm³/mol. The van der Waals surface area contributed by atoms with Crippen molar-refractivity contribution < 1.29 is 4.74 Å². The van der Waals surface area contributed by atoms with Gasteiger partial charge in [0, 0.05) is 4.47 Å². The summed E-state index contributed by atoms with van der Waals surface area (Å²) in [5.74, 6) is 2.29. The van der Waals surface area contributed by atoms with E-state index in [0.29, 0.717) is 12.5 Å². The van der Waals surface area contributed by atoms with Crippen molar-refractivity contribution in [2.45, 2.75) is 19.3 Å². The molecule has 2 aromatic rings. The second kappa shape index (κ2) is 4.59. The Morgan fingerprint density at radius 2 is 2.33 bits per heavy atom. The van der Waals surface area contributed by atoms with Gasteiger partial charge in [-0.2, -0.15) is 0 Å². The van der Waals surface area contributed by atoms with Gasteiger partial charge in [0.05, 0.1) is 29.4 Å². The first kappa shape index (κ1) is 12.1. The molecule has 0 saturated heterocycles. The van der Waals surface area contributed by atoms with E-state index in [2.05, 4.69) is 25.5 Å². The van der Waals surface area contributed by atoms with E-state index < -0.39 is 0 Å². The first-order chi connectivity index (χ1) is 8.70. The Hall–Kier alpha value is -1.000. The highest BCUT2D eigenvalue weighted by molar-refractivity contribution is 9.10. The molecule has 0 radical (unpaired) electrons. The summed E-state index contributed by atoms with van der Waals surface area (Å²) < 4.78 is 8.93. The van der Waals surface area contributed by atoms with Crippen molar-refractivity contribution in [3.8, 4) is 17.1 Å². The van der Waals surface area contributed by atoms with Gasteiger partial charge in [0.15, 0.2) is 0 Å². The molecule has 0 atom stereocenters. The molecule has 3 rings (SSSR count). The Morgan fingerprint density at radius 1 is 1.50 bits per heavy atom. The largest absolute Gasteiger partial charge is 0.491 e. The maximum atomic E-state index is 6.01. The maximum Gasteiger partial charge on any atom is 0.144 e. The smallest absolute Gasteiger partial charge is 0.144 e. The molecular weight excluding hydrogens is 316 g/mol. The van der Waals surface area contributed by atoms with Gasteiger partial charge in [-0.15, -0.1) is 11.6 Å². The molecule has 0 aliphatic carbocycles. The number of aryl methyl sites for hydroxylation is 1. The Balaban J connectivity index is 2.27. The fourth-order valence-corrected chi connectivity index (χ4v) is 2.97. The van der Waals surface area contributed by atoms with Crippen molar-refractivity contribution in [3.63, 3.8) is 0 Å². The lowest BCUT2D eigenvalue weighted by molar-refractivity contribution is 0.305. The van der Waals surface area contributed by atoms with Crippen molar-refractivity contribution in [1.82, 2.24) is 9.55 Å². The van der Waals surface area contributed by atoms with E-state index in [9.17, 15) is 0 Å². The molecule has 0 saturated carbocycles. The number of ether oxygens (including phenoxy) is 1. The monoisotopic (exact) mass is 326 g/mol. The van der Waals surface area contributed by atoms with Crippen LogP contribution in [-0.4, -0.2) is 16.2 Å². The fourth-order valence-electron chi connectivity index (χ4n) is 2.27. The summed E-state index contributed by atoms with van der Waals surface area (Å²) in [5.41, 5.74) is 3.08. The second-order valence-electron chi connectivity index (χ2n) is 4.24. The molecule has 0 bridgehead atoms. The van der Waals surface area contributed by atoms with E-state index in [1.54, 1.807) is 0 Å². The quantitative estimate of drug-likeness (QED) is 0.746. The van der Waals surface area contributed by atoms with Crippen molar-refractivity contribution in [3.05, 3.63) is 34.1 Å². The van der Waals surface area contributed by atoms with Crippen LogP contribution in [0, 0.1) is 6.92 Å². The third kappa shape index (κ3) is 1.84. The average Bonchev–Trinajstić information content (AvgIpc) is 2.57. The van der Waals surface area contributed by atoms with Crippen LogP contribution in [0.5, 0.6) is 5.75 Å². The molecule has 1 aromatic heterocycles. The molecule has 94 valence electrons. The Labute approximate surface area is 119 Å². The van der Waals surface area contributed by atoms with Gasteiger partial charge in [-0.05, 0) is 25.1 Å². The number of rotatable bonds is 1. The van der Waals surface area contributed by atoms with E-state index in [1.807, 2.05) is 25.1 Å². The molecule has 5 heteroatoms. The van der Waals surface area contributed by atoms with Crippen molar-refractivity contribution >= 4 is 27.5 Å². The minimum absolute atomic E-state index is 0.474. The topological polar surface area (TPSA) is 27.1 Å². The second-order valence-corrected chi connectivity index (χ2v) is 5.42. The Morgan fingerprint density at radius 3 is 3.11 bits per heavy atom. The molecular formula is C13H12BrClN2O. The molecule has 1 aromatic carbocycles. The van der Waals surface area contributed by atoms with Gasteiger partial charge in [-0.3, -0.25) is 0 Å². The lowest BCUT2D eigenvalue weighted by Gasteiger charge is -2.06. The number of fused-ring (bicyclic) bond motifs is 3. The first-order valence-electron chi connectivity index (χ1n) is 5.75. The van der Waals surface area contributed by atoms with Crippen LogP contribution >= 0.6 is 27.5 Å². The van der Waals surface area contributed by atoms with Gasteiger partial charge >= 0.3 is 0 Å². The van der Waals surface area contributed by atoms with Crippen LogP contribution in [0.25, 0.3) is 11.4 Å². The molecule has 1 aliphatic heterocycles. The summed E-state index contributed by atoms with van der Waals surface area (Å²) in [7, 11) is 0. The lowest BCUT2D eigenvalue weighted by atomic mass is 10.2. The summed E-state index contributed by atoms with van der Waals surface area (Å²) in [6.07, 6.45) is 0. The van der Waals surface area contributed by atoms with Crippen LogP contribution in [0.2, 0.25) is 0 Å². The molecule has 2 heterocycles. The number of halogens is 2. The van der Waals surface area contributed by atoms with Crippen LogP contribution in [0.15, 0.2) is 22.7 Å². The standard InChI is InChI=1S/C13H12BrClN2O/c1-8-11(7-15)17-4-5-18-12-3-2-9(14)6-10(12)13(17)16-8/h2-3,6H,4-5,7H2,1H3. The molecule has 18 heavy (non-hydrogen) atoms. The number of aromatic nitrogens is 2. The van der Waals surface area contributed by atoms with E-state index in [4.69, 9.17) is 16.3 Å². The third-order valence-corrected chi connectivity index (χ3v) is 3.90. The van der Waals surface area contributed by atoms with Gasteiger partial charge in [-0.1, -0.05) is 15.9 Å². The highest BCUT2D eigenvalue weighted by Crippen LogP contribution is 2.35. The highest BCUT2D eigenvalue weighted by Gasteiger charge is 2.21. The zero-order valence-corrected chi connectivity index (χ0v) is 12.3. The number of benzene rings is 1. The zero-order valence-electron chi connectivity index (χ0n) is 9.91. The molecule has 0 amide bonds. The summed E-state index contributed by atoms with van der Waals surface area (Å²) in [6, 6.07) is 5.99. The fraction of sp³-hybridized carbons (Fsp3) is 0.308. The number of hydrogen-bond acceptors (Lipinski definition) is 2. The lowest BCUT2D eigenvalue weighted by Crippen LogP contribution is -2.08. The maximum absolute atomic E-state index is 6.01. The van der Waals surface area contributed by atoms with Crippen LogP contribution < -0.4 is 4.74 Å². The summed E-state index contributed by atoms with van der Waals surface area (Å²) in [6.45, 7) is 3.42. The Kier molecular flexibility index (Phi) is 3.08. The minimum atomic E-state index is 0.474. The highest BCUT2D eigenvalue weighted by atomic mass is 79.9. The molecule has 0 N–H and O–H groups in total.